The van der Waals surface area contributed by atoms with Crippen molar-refractivity contribution in [3.8, 4) is 0 Å². The molecule has 0 unspecified atom stereocenters. The molecular formula is C9H15. The quantitative estimate of drug-likeness (QED) is 0.398. The average molecular weight is 123 g/mol. The largest absolute Gasteiger partial charge is 0.0917 e. The predicted octanol–water partition coefficient (Wildman–Crippen LogP) is 3.11. The summed E-state index contributed by atoms with van der Waals surface area (Å²) in [4.78, 5) is 0. The van der Waals surface area contributed by atoms with Crippen LogP contribution in [0, 0.1) is 6.08 Å². The summed E-state index contributed by atoms with van der Waals surface area (Å²) in [6.07, 6.45) is 12.9. The molecule has 1 radical (unpaired) electrons. The topological polar surface area (TPSA) is 0 Å². The Hall–Kier alpha value is -0.520. The van der Waals surface area contributed by atoms with Gasteiger partial charge in [-0.3, -0.25) is 0 Å². The van der Waals surface area contributed by atoms with Crippen molar-refractivity contribution in [2.45, 2.75) is 33.1 Å². The minimum Gasteiger partial charge on any atom is -0.0917 e. The second-order valence-corrected chi connectivity index (χ2v) is 1.95. The van der Waals surface area contributed by atoms with Crippen molar-refractivity contribution in [1.82, 2.24) is 0 Å². The van der Waals surface area contributed by atoms with Gasteiger partial charge >= 0.3 is 0 Å². The van der Waals surface area contributed by atoms with E-state index in [-0.39, 0.29) is 0 Å². The first-order valence-electron chi connectivity index (χ1n) is 3.54. The molecule has 0 aromatic carbocycles. The van der Waals surface area contributed by atoms with Gasteiger partial charge in [0, 0.05) is 0 Å². The van der Waals surface area contributed by atoms with Crippen LogP contribution in [0.3, 0.4) is 0 Å². The number of hydrogen-bond acceptors (Lipinski definition) is 0. The Labute approximate surface area is 58.3 Å². The van der Waals surface area contributed by atoms with Gasteiger partial charge in [-0.2, -0.15) is 0 Å². The lowest BCUT2D eigenvalue weighted by Gasteiger charge is -1.86. The Morgan fingerprint density at radius 3 is 2.67 bits per heavy atom. The number of rotatable bonds is 4. The van der Waals surface area contributed by atoms with Crippen LogP contribution in [0.2, 0.25) is 0 Å². The number of allylic oxidation sites excluding steroid dienone is 4. The molecule has 0 rings (SSSR count). The molecule has 0 bridgehead atoms. The normalized spacial score (nSPS) is 11.8. The minimum atomic E-state index is 1.10. The summed E-state index contributed by atoms with van der Waals surface area (Å²) in [7, 11) is 0. The van der Waals surface area contributed by atoms with Crippen molar-refractivity contribution in [2.24, 2.45) is 0 Å². The van der Waals surface area contributed by atoms with E-state index in [4.69, 9.17) is 0 Å². The molecule has 0 aromatic rings. The highest BCUT2D eigenvalue weighted by molar-refractivity contribution is 4.77. The SMILES string of the molecule is CC=CCCC/[C]=C/C. The van der Waals surface area contributed by atoms with Crippen LogP contribution < -0.4 is 0 Å². The van der Waals surface area contributed by atoms with Crippen molar-refractivity contribution in [1.29, 1.82) is 0 Å². The Bertz CT molecular complexity index is 76.2. The van der Waals surface area contributed by atoms with Crippen LogP contribution in [0.1, 0.15) is 33.1 Å². The van der Waals surface area contributed by atoms with Gasteiger partial charge in [-0.25, -0.2) is 0 Å². The Kier molecular flexibility index (Phi) is 7.05. The standard InChI is InChI=1S/C9H15/c1-3-5-7-9-8-6-4-2/h3-5H,7-9H2,1-2H3. The van der Waals surface area contributed by atoms with Gasteiger partial charge in [0.25, 0.3) is 0 Å². The molecule has 0 N–H and O–H groups in total. The lowest BCUT2D eigenvalue weighted by molar-refractivity contribution is 0.852. The molecule has 0 atom stereocenters. The second-order valence-electron chi connectivity index (χ2n) is 1.95. The molecule has 0 fully saturated rings. The van der Waals surface area contributed by atoms with Gasteiger partial charge in [0.2, 0.25) is 0 Å². The fourth-order valence-corrected chi connectivity index (χ4v) is 0.633. The van der Waals surface area contributed by atoms with E-state index in [0.717, 1.165) is 6.42 Å². The predicted molar refractivity (Wildman–Crippen MR) is 42.2 cm³/mol. The molecule has 0 nitrogen and oxygen atoms in total. The zero-order valence-electron chi connectivity index (χ0n) is 6.35. The van der Waals surface area contributed by atoms with Crippen LogP contribution in [0.25, 0.3) is 0 Å². The van der Waals surface area contributed by atoms with Gasteiger partial charge in [0.1, 0.15) is 0 Å². The third kappa shape index (κ3) is 7.48. The van der Waals surface area contributed by atoms with Gasteiger partial charge in [0.15, 0.2) is 0 Å². The first-order valence-corrected chi connectivity index (χ1v) is 3.54. The zero-order chi connectivity index (χ0) is 6.95. The fraction of sp³-hybridized carbons (Fsp3) is 0.556. The van der Waals surface area contributed by atoms with Crippen molar-refractivity contribution in [3.05, 3.63) is 24.3 Å². The van der Waals surface area contributed by atoms with Gasteiger partial charge in [-0.1, -0.05) is 18.2 Å². The molecule has 0 saturated carbocycles. The van der Waals surface area contributed by atoms with Crippen molar-refractivity contribution in [2.75, 3.05) is 0 Å². The van der Waals surface area contributed by atoms with E-state index >= 15 is 0 Å². The molecule has 51 valence electrons. The first kappa shape index (κ1) is 8.48. The highest BCUT2D eigenvalue weighted by atomic mass is 13.8. The summed E-state index contributed by atoms with van der Waals surface area (Å²) in [5.74, 6) is 0. The summed E-state index contributed by atoms with van der Waals surface area (Å²) in [6, 6.07) is 0. The molecule has 0 aliphatic carbocycles. The van der Waals surface area contributed by atoms with Gasteiger partial charge < -0.3 is 0 Å². The van der Waals surface area contributed by atoms with E-state index in [9.17, 15) is 0 Å². The Balaban J connectivity index is 2.91. The third-order valence-electron chi connectivity index (χ3n) is 1.13. The number of hydrogen-bond donors (Lipinski definition) is 0. The lowest BCUT2D eigenvalue weighted by atomic mass is 10.2. The van der Waals surface area contributed by atoms with Crippen LogP contribution in [0.4, 0.5) is 0 Å². The molecule has 0 aliphatic heterocycles. The monoisotopic (exact) mass is 123 g/mol. The Morgan fingerprint density at radius 1 is 1.33 bits per heavy atom. The molecule has 0 heteroatoms. The maximum atomic E-state index is 3.15. The highest BCUT2D eigenvalue weighted by Gasteiger charge is 1.77. The van der Waals surface area contributed by atoms with E-state index in [1.54, 1.807) is 0 Å². The zero-order valence-corrected chi connectivity index (χ0v) is 6.35. The van der Waals surface area contributed by atoms with Gasteiger partial charge in [0.05, 0.1) is 0 Å². The van der Waals surface area contributed by atoms with Crippen LogP contribution in [-0.2, 0) is 0 Å². The van der Waals surface area contributed by atoms with E-state index < -0.39 is 0 Å². The summed E-state index contributed by atoms with van der Waals surface area (Å²) < 4.78 is 0. The van der Waals surface area contributed by atoms with E-state index in [1.165, 1.54) is 12.8 Å². The summed E-state index contributed by atoms with van der Waals surface area (Å²) in [5, 5.41) is 0. The fourth-order valence-electron chi connectivity index (χ4n) is 0.633. The minimum absolute atomic E-state index is 1.10. The summed E-state index contributed by atoms with van der Waals surface area (Å²) in [6.45, 7) is 4.06. The Morgan fingerprint density at radius 2 is 2.11 bits per heavy atom. The van der Waals surface area contributed by atoms with Crippen molar-refractivity contribution in [3.63, 3.8) is 0 Å². The maximum absolute atomic E-state index is 3.15. The van der Waals surface area contributed by atoms with Crippen molar-refractivity contribution < 1.29 is 0 Å². The second kappa shape index (κ2) is 7.48. The molecule has 0 saturated heterocycles. The molecule has 0 aromatic heterocycles. The smallest absolute Gasteiger partial charge is 0.0277 e. The number of unbranched alkanes of at least 4 members (excludes halogenated alkanes) is 2. The molecule has 0 aliphatic rings. The molecule has 0 heterocycles. The van der Waals surface area contributed by atoms with Crippen molar-refractivity contribution >= 4 is 0 Å². The molecule has 0 amide bonds. The summed E-state index contributed by atoms with van der Waals surface area (Å²) in [5.41, 5.74) is 0. The average Bonchev–Trinajstić information content (AvgIpc) is 1.89. The van der Waals surface area contributed by atoms with Crippen LogP contribution >= 0.6 is 0 Å². The molecule has 0 spiro atoms. The third-order valence-corrected chi connectivity index (χ3v) is 1.13. The van der Waals surface area contributed by atoms with E-state index in [2.05, 4.69) is 25.2 Å². The van der Waals surface area contributed by atoms with Crippen LogP contribution in [0.5, 0.6) is 0 Å². The maximum Gasteiger partial charge on any atom is -0.0277 e. The van der Waals surface area contributed by atoms with Crippen LogP contribution in [-0.4, -0.2) is 0 Å². The summed E-state index contributed by atoms with van der Waals surface area (Å²) >= 11 is 0. The van der Waals surface area contributed by atoms with E-state index in [1.807, 2.05) is 13.0 Å². The first-order chi connectivity index (χ1) is 4.41. The van der Waals surface area contributed by atoms with E-state index in [0.29, 0.717) is 0 Å². The highest BCUT2D eigenvalue weighted by Crippen LogP contribution is 1.96. The molecule has 9 heavy (non-hydrogen) atoms. The van der Waals surface area contributed by atoms with Gasteiger partial charge in [-0.05, 0) is 39.2 Å². The molecular weight excluding hydrogens is 108 g/mol. The van der Waals surface area contributed by atoms with Gasteiger partial charge in [-0.15, -0.1) is 0 Å². The van der Waals surface area contributed by atoms with Crippen LogP contribution in [0.15, 0.2) is 18.2 Å². The lowest BCUT2D eigenvalue weighted by Crippen LogP contribution is -1.67.